The molecule has 0 fully saturated rings. The first kappa shape index (κ1) is 19.1. The van der Waals surface area contributed by atoms with Crippen LogP contribution in [-0.4, -0.2) is 50.3 Å². The summed E-state index contributed by atoms with van der Waals surface area (Å²) in [6.07, 6.45) is 2.26. The molecule has 1 N–H and O–H groups in total. The first-order valence-corrected chi connectivity index (χ1v) is 6.58. The van der Waals surface area contributed by atoms with E-state index in [9.17, 15) is 14.4 Å². The summed E-state index contributed by atoms with van der Waals surface area (Å²) in [5.74, 6) is -1.34. The van der Waals surface area contributed by atoms with Crippen LogP contribution in [0.25, 0.3) is 0 Å². The summed E-state index contributed by atoms with van der Waals surface area (Å²) in [5, 5.41) is 2.51. The molecule has 0 rings (SSSR count). The van der Waals surface area contributed by atoms with E-state index in [4.69, 9.17) is 9.47 Å². The number of carbonyl (C=O) groups excluding carboxylic acids is 3. The zero-order valence-electron chi connectivity index (χ0n) is 12.9. The summed E-state index contributed by atoms with van der Waals surface area (Å²) < 4.78 is 14.6. The third-order valence-corrected chi connectivity index (χ3v) is 1.99. The number of rotatable bonds is 8. The SMILES string of the molecule is COC(=O)C=CC(=O)NCCOCCC(=O)OC(C)(C)C. The third-order valence-electron chi connectivity index (χ3n) is 1.99. The normalized spacial score (nSPS) is 11.2. The first-order valence-electron chi connectivity index (χ1n) is 6.58. The molecule has 1 amide bonds. The van der Waals surface area contributed by atoms with E-state index >= 15 is 0 Å². The van der Waals surface area contributed by atoms with Crippen LogP contribution < -0.4 is 5.32 Å². The second-order valence-electron chi connectivity index (χ2n) is 5.10. The Kier molecular flexibility index (Phi) is 9.03. The summed E-state index contributed by atoms with van der Waals surface area (Å²) in [5.41, 5.74) is -0.503. The molecule has 0 bridgehead atoms. The molecule has 0 unspecified atom stereocenters. The average Bonchev–Trinajstić information content (AvgIpc) is 2.37. The Morgan fingerprint density at radius 3 is 2.33 bits per heavy atom. The monoisotopic (exact) mass is 301 g/mol. The lowest BCUT2D eigenvalue weighted by Crippen LogP contribution is -2.27. The smallest absolute Gasteiger partial charge is 0.330 e. The van der Waals surface area contributed by atoms with Gasteiger partial charge in [-0.1, -0.05) is 0 Å². The van der Waals surface area contributed by atoms with E-state index in [-0.39, 0.29) is 32.1 Å². The van der Waals surface area contributed by atoms with Gasteiger partial charge in [0.15, 0.2) is 0 Å². The highest BCUT2D eigenvalue weighted by atomic mass is 16.6. The molecular formula is C14H23NO6. The Morgan fingerprint density at radius 2 is 1.76 bits per heavy atom. The Morgan fingerprint density at radius 1 is 1.10 bits per heavy atom. The van der Waals surface area contributed by atoms with Crippen LogP contribution in [0.5, 0.6) is 0 Å². The minimum absolute atomic E-state index is 0.160. The summed E-state index contributed by atoms with van der Waals surface area (Å²) in [6, 6.07) is 0. The number of ether oxygens (including phenoxy) is 3. The molecule has 7 heteroatoms. The molecule has 0 heterocycles. The first-order chi connectivity index (χ1) is 9.74. The van der Waals surface area contributed by atoms with E-state index < -0.39 is 17.5 Å². The number of esters is 2. The molecule has 0 saturated heterocycles. The second-order valence-corrected chi connectivity index (χ2v) is 5.10. The fraction of sp³-hybridized carbons (Fsp3) is 0.643. The number of nitrogens with one attached hydrogen (secondary N) is 1. The van der Waals surface area contributed by atoms with Gasteiger partial charge >= 0.3 is 11.9 Å². The topological polar surface area (TPSA) is 90.9 Å². The highest BCUT2D eigenvalue weighted by Crippen LogP contribution is 2.07. The van der Waals surface area contributed by atoms with Gasteiger partial charge in [0.05, 0.1) is 26.7 Å². The molecule has 0 aliphatic carbocycles. The van der Waals surface area contributed by atoms with E-state index in [1.165, 1.54) is 7.11 Å². The quantitative estimate of drug-likeness (QED) is 0.400. The van der Waals surface area contributed by atoms with Crippen molar-refractivity contribution in [2.75, 3.05) is 26.9 Å². The van der Waals surface area contributed by atoms with Gasteiger partial charge in [-0.05, 0) is 20.8 Å². The molecule has 0 aliphatic heterocycles. The number of amides is 1. The molecule has 0 atom stereocenters. The van der Waals surface area contributed by atoms with Crippen molar-refractivity contribution in [1.82, 2.24) is 5.32 Å². The van der Waals surface area contributed by atoms with Crippen molar-refractivity contribution in [3.05, 3.63) is 12.2 Å². The second kappa shape index (κ2) is 9.93. The van der Waals surface area contributed by atoms with Gasteiger partial charge in [-0.25, -0.2) is 4.79 Å². The van der Waals surface area contributed by atoms with Crippen LogP contribution in [0.4, 0.5) is 0 Å². The van der Waals surface area contributed by atoms with Crippen molar-refractivity contribution >= 4 is 17.8 Å². The van der Waals surface area contributed by atoms with Crippen molar-refractivity contribution in [2.24, 2.45) is 0 Å². The van der Waals surface area contributed by atoms with Gasteiger partial charge in [0.1, 0.15) is 5.60 Å². The lowest BCUT2D eigenvalue weighted by Gasteiger charge is -2.19. The van der Waals surface area contributed by atoms with Crippen LogP contribution in [0.2, 0.25) is 0 Å². The number of methoxy groups -OCH3 is 1. The predicted molar refractivity (Wildman–Crippen MR) is 75.4 cm³/mol. The fourth-order valence-electron chi connectivity index (χ4n) is 1.17. The maximum absolute atomic E-state index is 11.4. The van der Waals surface area contributed by atoms with E-state index in [2.05, 4.69) is 10.1 Å². The minimum Gasteiger partial charge on any atom is -0.466 e. The lowest BCUT2D eigenvalue weighted by atomic mass is 10.2. The fourth-order valence-corrected chi connectivity index (χ4v) is 1.17. The third kappa shape index (κ3) is 12.9. The summed E-state index contributed by atoms with van der Waals surface area (Å²) in [6.45, 7) is 6.15. The Bertz CT molecular complexity index is 383. The van der Waals surface area contributed by atoms with Crippen LogP contribution in [0.15, 0.2) is 12.2 Å². The molecule has 0 aromatic heterocycles. The summed E-state index contributed by atoms with van der Waals surface area (Å²) in [7, 11) is 1.23. The largest absolute Gasteiger partial charge is 0.466 e. The predicted octanol–water partition coefficient (Wildman–Crippen LogP) is 0.580. The van der Waals surface area contributed by atoms with Crippen molar-refractivity contribution in [3.8, 4) is 0 Å². The number of hydrogen-bond donors (Lipinski definition) is 1. The van der Waals surface area contributed by atoms with E-state index in [1.807, 2.05) is 0 Å². The molecule has 0 aliphatic rings. The van der Waals surface area contributed by atoms with Crippen molar-refractivity contribution in [1.29, 1.82) is 0 Å². The van der Waals surface area contributed by atoms with Crippen molar-refractivity contribution in [3.63, 3.8) is 0 Å². The molecule has 0 spiro atoms. The van der Waals surface area contributed by atoms with Crippen molar-refractivity contribution < 1.29 is 28.6 Å². The standard InChI is InChI=1S/C14H23NO6/c1-14(2,3)21-13(18)7-9-20-10-8-15-11(16)5-6-12(17)19-4/h5-6H,7-10H2,1-4H3,(H,15,16). The Balaban J connectivity index is 3.60. The molecule has 0 radical (unpaired) electrons. The molecule has 0 saturated carbocycles. The lowest BCUT2D eigenvalue weighted by molar-refractivity contribution is -0.156. The van der Waals surface area contributed by atoms with Gasteiger partial charge in [0.25, 0.3) is 0 Å². The van der Waals surface area contributed by atoms with Gasteiger partial charge in [-0.15, -0.1) is 0 Å². The van der Waals surface area contributed by atoms with Crippen LogP contribution in [0.1, 0.15) is 27.2 Å². The highest BCUT2D eigenvalue weighted by Gasteiger charge is 2.15. The molecular weight excluding hydrogens is 278 g/mol. The van der Waals surface area contributed by atoms with Gasteiger partial charge in [-0.3, -0.25) is 9.59 Å². The molecule has 21 heavy (non-hydrogen) atoms. The van der Waals surface area contributed by atoms with Gasteiger partial charge in [0, 0.05) is 18.7 Å². The minimum atomic E-state index is -0.598. The van der Waals surface area contributed by atoms with Crippen LogP contribution in [0.3, 0.4) is 0 Å². The number of hydrogen-bond acceptors (Lipinski definition) is 6. The van der Waals surface area contributed by atoms with Crippen molar-refractivity contribution in [2.45, 2.75) is 32.8 Å². The summed E-state index contributed by atoms with van der Waals surface area (Å²) >= 11 is 0. The Labute approximate surface area is 124 Å². The maximum Gasteiger partial charge on any atom is 0.330 e. The van der Waals surface area contributed by atoms with E-state index in [0.29, 0.717) is 0 Å². The van der Waals surface area contributed by atoms with Gasteiger partial charge in [-0.2, -0.15) is 0 Å². The number of carbonyl (C=O) groups is 3. The summed E-state index contributed by atoms with van der Waals surface area (Å²) in [4.78, 5) is 33.3. The van der Waals surface area contributed by atoms with E-state index in [0.717, 1.165) is 12.2 Å². The molecule has 0 aromatic carbocycles. The van der Waals surface area contributed by atoms with Crippen LogP contribution >= 0.6 is 0 Å². The highest BCUT2D eigenvalue weighted by molar-refractivity contribution is 5.94. The molecule has 0 aromatic rings. The van der Waals surface area contributed by atoms with Crippen LogP contribution in [-0.2, 0) is 28.6 Å². The Hall–Kier alpha value is -1.89. The molecule has 7 nitrogen and oxygen atoms in total. The zero-order chi connectivity index (χ0) is 16.3. The van der Waals surface area contributed by atoms with E-state index in [1.54, 1.807) is 20.8 Å². The molecule has 120 valence electrons. The average molecular weight is 301 g/mol. The zero-order valence-corrected chi connectivity index (χ0v) is 12.9. The maximum atomic E-state index is 11.4. The van der Waals surface area contributed by atoms with Crippen LogP contribution in [0, 0.1) is 0 Å². The van der Waals surface area contributed by atoms with Gasteiger partial charge < -0.3 is 19.5 Å². The van der Waals surface area contributed by atoms with Gasteiger partial charge in [0.2, 0.25) is 5.91 Å².